The maximum absolute atomic E-state index is 6.50. The van der Waals surface area contributed by atoms with Crippen LogP contribution in [-0.4, -0.2) is 43.2 Å². The third-order valence-corrected chi connectivity index (χ3v) is 5.43. The standard InChI is InChI=1S/C18H26N2O/c1-2-7-17-14(4-1)9-11-20(15-5-3-6-15)13-18(17)21-16-8-10-19-12-16/h1-2,4,7,15-16,18-19H,3,5-6,8-13H2/t16-,18?/m0/s1. The summed E-state index contributed by atoms with van der Waals surface area (Å²) in [4.78, 5) is 2.69. The average Bonchev–Trinajstić information content (AvgIpc) is 2.89. The summed E-state index contributed by atoms with van der Waals surface area (Å²) in [6.07, 6.45) is 7.16. The van der Waals surface area contributed by atoms with Crippen molar-refractivity contribution in [2.75, 3.05) is 26.2 Å². The van der Waals surface area contributed by atoms with E-state index < -0.39 is 0 Å². The van der Waals surface area contributed by atoms with Gasteiger partial charge in [0, 0.05) is 25.7 Å². The van der Waals surface area contributed by atoms with Gasteiger partial charge >= 0.3 is 0 Å². The number of nitrogens with zero attached hydrogens (tertiary/aromatic N) is 1. The number of benzene rings is 1. The van der Waals surface area contributed by atoms with Crippen LogP contribution in [0.25, 0.3) is 0 Å². The summed E-state index contributed by atoms with van der Waals surface area (Å²) in [5.41, 5.74) is 2.93. The molecule has 114 valence electrons. The number of rotatable bonds is 3. The van der Waals surface area contributed by atoms with E-state index in [2.05, 4.69) is 34.5 Å². The Kier molecular flexibility index (Phi) is 3.97. The lowest BCUT2D eigenvalue weighted by molar-refractivity contribution is -0.0312. The van der Waals surface area contributed by atoms with Crippen LogP contribution in [-0.2, 0) is 11.2 Å². The first kappa shape index (κ1) is 13.7. The Bertz CT molecular complexity index is 480. The summed E-state index contributed by atoms with van der Waals surface area (Å²) >= 11 is 0. The average molecular weight is 286 g/mol. The van der Waals surface area contributed by atoms with Crippen molar-refractivity contribution >= 4 is 0 Å². The zero-order chi connectivity index (χ0) is 14.1. The van der Waals surface area contributed by atoms with E-state index in [0.717, 1.165) is 32.1 Å². The quantitative estimate of drug-likeness (QED) is 0.924. The molecule has 2 atom stereocenters. The molecule has 1 aromatic rings. The number of ether oxygens (including phenoxy) is 1. The van der Waals surface area contributed by atoms with E-state index in [4.69, 9.17) is 4.74 Å². The molecule has 2 fully saturated rings. The van der Waals surface area contributed by atoms with Crippen molar-refractivity contribution in [2.24, 2.45) is 0 Å². The molecule has 4 rings (SSSR count). The number of nitrogens with one attached hydrogen (secondary N) is 1. The molecule has 3 aliphatic rings. The van der Waals surface area contributed by atoms with Crippen LogP contribution in [0.3, 0.4) is 0 Å². The lowest BCUT2D eigenvalue weighted by Gasteiger charge is -2.38. The molecule has 0 bridgehead atoms. The van der Waals surface area contributed by atoms with Gasteiger partial charge in [-0.2, -0.15) is 0 Å². The van der Waals surface area contributed by atoms with E-state index >= 15 is 0 Å². The zero-order valence-electron chi connectivity index (χ0n) is 12.8. The monoisotopic (exact) mass is 286 g/mol. The van der Waals surface area contributed by atoms with E-state index in [1.165, 1.54) is 43.4 Å². The maximum atomic E-state index is 6.50. The van der Waals surface area contributed by atoms with Crippen molar-refractivity contribution in [3.8, 4) is 0 Å². The van der Waals surface area contributed by atoms with Crippen molar-refractivity contribution in [2.45, 2.75) is 50.4 Å². The normalized spacial score (nSPS) is 30.7. The molecule has 2 aliphatic heterocycles. The van der Waals surface area contributed by atoms with Crippen LogP contribution in [0.1, 0.15) is 42.9 Å². The van der Waals surface area contributed by atoms with Gasteiger partial charge in [-0.15, -0.1) is 0 Å². The van der Waals surface area contributed by atoms with Gasteiger partial charge in [-0.25, -0.2) is 0 Å². The molecule has 0 radical (unpaired) electrons. The Labute approximate surface area is 127 Å². The van der Waals surface area contributed by atoms with Crippen LogP contribution >= 0.6 is 0 Å². The number of fused-ring (bicyclic) bond motifs is 1. The molecule has 1 saturated carbocycles. The van der Waals surface area contributed by atoms with Gasteiger partial charge < -0.3 is 10.1 Å². The van der Waals surface area contributed by atoms with E-state index in [0.29, 0.717) is 6.10 Å². The molecule has 3 nitrogen and oxygen atoms in total. The van der Waals surface area contributed by atoms with Gasteiger partial charge in [0.15, 0.2) is 0 Å². The molecule has 0 amide bonds. The molecule has 1 N–H and O–H groups in total. The first-order chi connectivity index (χ1) is 10.4. The van der Waals surface area contributed by atoms with Gasteiger partial charge in [-0.05, 0) is 43.4 Å². The van der Waals surface area contributed by atoms with Crippen molar-refractivity contribution in [1.82, 2.24) is 10.2 Å². The third kappa shape index (κ3) is 2.87. The highest BCUT2D eigenvalue weighted by atomic mass is 16.5. The van der Waals surface area contributed by atoms with Gasteiger partial charge in [0.1, 0.15) is 0 Å². The highest BCUT2D eigenvalue weighted by Crippen LogP contribution is 2.33. The molecule has 1 saturated heterocycles. The van der Waals surface area contributed by atoms with Crippen LogP contribution in [0.2, 0.25) is 0 Å². The highest BCUT2D eigenvalue weighted by molar-refractivity contribution is 5.31. The van der Waals surface area contributed by atoms with E-state index in [1.807, 2.05) is 0 Å². The second-order valence-corrected chi connectivity index (χ2v) is 6.77. The predicted molar refractivity (Wildman–Crippen MR) is 84.5 cm³/mol. The van der Waals surface area contributed by atoms with Crippen LogP contribution in [0.15, 0.2) is 24.3 Å². The van der Waals surface area contributed by atoms with Crippen LogP contribution in [0.4, 0.5) is 0 Å². The second-order valence-electron chi connectivity index (χ2n) is 6.77. The van der Waals surface area contributed by atoms with Gasteiger partial charge in [-0.1, -0.05) is 30.7 Å². The topological polar surface area (TPSA) is 24.5 Å². The summed E-state index contributed by atoms with van der Waals surface area (Å²) in [6, 6.07) is 9.73. The van der Waals surface area contributed by atoms with Crippen molar-refractivity contribution in [1.29, 1.82) is 0 Å². The fraction of sp³-hybridized carbons (Fsp3) is 0.667. The lowest BCUT2D eigenvalue weighted by Crippen LogP contribution is -2.43. The first-order valence-electron chi connectivity index (χ1n) is 8.58. The molecule has 1 aromatic carbocycles. The highest BCUT2D eigenvalue weighted by Gasteiger charge is 2.32. The minimum absolute atomic E-state index is 0.259. The Morgan fingerprint density at radius 1 is 1.14 bits per heavy atom. The summed E-state index contributed by atoms with van der Waals surface area (Å²) in [5.74, 6) is 0. The van der Waals surface area contributed by atoms with Gasteiger partial charge in [0.25, 0.3) is 0 Å². The fourth-order valence-electron chi connectivity index (χ4n) is 3.92. The molecule has 2 heterocycles. The van der Waals surface area contributed by atoms with Crippen LogP contribution in [0, 0.1) is 0 Å². The summed E-state index contributed by atoms with van der Waals surface area (Å²) in [6.45, 7) is 4.40. The number of hydrogen-bond acceptors (Lipinski definition) is 3. The SMILES string of the molecule is c1ccc2c(c1)CCN(C1CCC1)CC2O[C@H]1CCNC1. The minimum Gasteiger partial charge on any atom is -0.368 e. The van der Waals surface area contributed by atoms with Crippen molar-refractivity contribution in [3.63, 3.8) is 0 Å². The minimum atomic E-state index is 0.259. The van der Waals surface area contributed by atoms with Gasteiger partial charge in [0.2, 0.25) is 0 Å². The van der Waals surface area contributed by atoms with Crippen molar-refractivity contribution < 1.29 is 4.74 Å². The van der Waals surface area contributed by atoms with Crippen LogP contribution in [0.5, 0.6) is 0 Å². The molecular weight excluding hydrogens is 260 g/mol. The first-order valence-corrected chi connectivity index (χ1v) is 8.58. The summed E-state index contributed by atoms with van der Waals surface area (Å²) in [7, 11) is 0. The molecule has 0 aromatic heterocycles. The fourth-order valence-corrected chi connectivity index (χ4v) is 3.92. The molecule has 3 heteroatoms. The third-order valence-electron chi connectivity index (χ3n) is 5.43. The van der Waals surface area contributed by atoms with Crippen LogP contribution < -0.4 is 5.32 Å². The van der Waals surface area contributed by atoms with Gasteiger partial charge in [0.05, 0.1) is 12.2 Å². The predicted octanol–water partition coefficient (Wildman–Crippen LogP) is 2.52. The summed E-state index contributed by atoms with van der Waals surface area (Å²) < 4.78 is 6.50. The number of hydrogen-bond donors (Lipinski definition) is 1. The Morgan fingerprint density at radius 2 is 2.05 bits per heavy atom. The Morgan fingerprint density at radius 3 is 2.81 bits per heavy atom. The van der Waals surface area contributed by atoms with E-state index in [9.17, 15) is 0 Å². The molecule has 1 aliphatic carbocycles. The van der Waals surface area contributed by atoms with E-state index in [-0.39, 0.29) is 6.10 Å². The maximum Gasteiger partial charge on any atom is 0.0958 e. The lowest BCUT2D eigenvalue weighted by atomic mass is 9.91. The molecule has 21 heavy (non-hydrogen) atoms. The molecule has 0 spiro atoms. The second kappa shape index (κ2) is 6.07. The Hall–Kier alpha value is -0.900. The molecular formula is C18H26N2O. The van der Waals surface area contributed by atoms with E-state index in [1.54, 1.807) is 0 Å². The van der Waals surface area contributed by atoms with Crippen molar-refractivity contribution in [3.05, 3.63) is 35.4 Å². The smallest absolute Gasteiger partial charge is 0.0958 e. The zero-order valence-corrected chi connectivity index (χ0v) is 12.8. The largest absolute Gasteiger partial charge is 0.368 e. The Balaban J connectivity index is 1.55. The summed E-state index contributed by atoms with van der Waals surface area (Å²) in [5, 5.41) is 3.42. The molecule has 1 unspecified atom stereocenters. The van der Waals surface area contributed by atoms with Gasteiger partial charge in [-0.3, -0.25) is 4.90 Å².